The summed E-state index contributed by atoms with van der Waals surface area (Å²) >= 11 is 0. The molecule has 1 saturated carbocycles. The Balaban J connectivity index is 1.56. The molecule has 0 saturated heterocycles. The first-order valence-corrected chi connectivity index (χ1v) is 13.6. The molecule has 4 aromatic rings. The number of ether oxygens (including phenoxy) is 2. The van der Waals surface area contributed by atoms with Gasteiger partial charge in [-0.15, -0.1) is 0 Å². The van der Waals surface area contributed by atoms with Gasteiger partial charge in [0.1, 0.15) is 0 Å². The number of benzene rings is 3. The Hall–Kier alpha value is -4.33. The molecule has 5 rings (SSSR count). The SMILES string of the molecule is COc1cc2c(=O)n(Cc3ccc(C(=O)NC4CCCC4)cc3)c(=O)n(Cc3cc(C)ccc3C)c2cc1OC. The molecular formula is C32H35N3O5. The van der Waals surface area contributed by atoms with Gasteiger partial charge in [-0.25, -0.2) is 4.79 Å². The number of amides is 1. The molecule has 8 heteroatoms. The van der Waals surface area contributed by atoms with Crippen molar-refractivity contribution >= 4 is 16.8 Å². The van der Waals surface area contributed by atoms with Gasteiger partial charge in [0.15, 0.2) is 11.5 Å². The van der Waals surface area contributed by atoms with E-state index < -0.39 is 11.2 Å². The standard InChI is InChI=1S/C32H35N3O5/c1-20-9-10-21(2)24(15-20)19-34-27-17-29(40-4)28(39-3)16-26(27)31(37)35(32(34)38)18-22-11-13-23(14-12-22)30(36)33-25-7-5-6-8-25/h9-17,25H,5-8,18-19H2,1-4H3,(H,33,36). The van der Waals surface area contributed by atoms with Crippen molar-refractivity contribution in [2.45, 2.75) is 58.7 Å². The molecular weight excluding hydrogens is 506 g/mol. The average Bonchev–Trinajstić information content (AvgIpc) is 3.47. The minimum absolute atomic E-state index is 0.0687. The van der Waals surface area contributed by atoms with Gasteiger partial charge in [-0.05, 0) is 61.6 Å². The maximum Gasteiger partial charge on any atom is 0.332 e. The first-order chi connectivity index (χ1) is 19.3. The number of nitrogens with one attached hydrogen (secondary N) is 1. The monoisotopic (exact) mass is 541 g/mol. The van der Waals surface area contributed by atoms with E-state index in [4.69, 9.17) is 9.47 Å². The minimum atomic E-state index is -0.423. The molecule has 0 unspecified atom stereocenters. The fraction of sp³-hybridized carbons (Fsp3) is 0.344. The lowest BCUT2D eigenvalue weighted by Gasteiger charge is -2.18. The van der Waals surface area contributed by atoms with Crippen LogP contribution in [-0.2, 0) is 13.1 Å². The molecule has 1 heterocycles. The van der Waals surface area contributed by atoms with Gasteiger partial charge in [0.2, 0.25) is 0 Å². The summed E-state index contributed by atoms with van der Waals surface area (Å²) in [5.41, 5.74) is 4.07. The zero-order valence-electron chi connectivity index (χ0n) is 23.5. The first-order valence-electron chi connectivity index (χ1n) is 13.6. The summed E-state index contributed by atoms with van der Waals surface area (Å²) < 4.78 is 13.8. The normalized spacial score (nSPS) is 13.5. The number of fused-ring (bicyclic) bond motifs is 1. The Bertz CT molecular complexity index is 1680. The number of methoxy groups -OCH3 is 2. The van der Waals surface area contributed by atoms with E-state index in [-0.39, 0.29) is 18.5 Å². The molecule has 0 bridgehead atoms. The summed E-state index contributed by atoms with van der Waals surface area (Å²) in [7, 11) is 3.04. The van der Waals surface area contributed by atoms with Crippen LogP contribution in [0, 0.1) is 13.8 Å². The van der Waals surface area contributed by atoms with E-state index >= 15 is 0 Å². The second kappa shape index (κ2) is 11.4. The van der Waals surface area contributed by atoms with Crippen LogP contribution in [0.2, 0.25) is 0 Å². The summed E-state index contributed by atoms with van der Waals surface area (Å²) in [5, 5.41) is 3.45. The topological polar surface area (TPSA) is 91.6 Å². The smallest absolute Gasteiger partial charge is 0.332 e. The van der Waals surface area contributed by atoms with Crippen LogP contribution in [0.3, 0.4) is 0 Å². The van der Waals surface area contributed by atoms with E-state index in [9.17, 15) is 14.4 Å². The van der Waals surface area contributed by atoms with E-state index in [0.29, 0.717) is 34.5 Å². The molecule has 1 amide bonds. The van der Waals surface area contributed by atoms with E-state index in [1.165, 1.54) is 18.8 Å². The van der Waals surface area contributed by atoms with Crippen molar-refractivity contribution in [1.82, 2.24) is 14.5 Å². The number of hydrogen-bond acceptors (Lipinski definition) is 5. The minimum Gasteiger partial charge on any atom is -0.493 e. The molecule has 1 aliphatic rings. The van der Waals surface area contributed by atoms with Crippen LogP contribution in [0.25, 0.3) is 10.9 Å². The number of hydrogen-bond donors (Lipinski definition) is 1. The van der Waals surface area contributed by atoms with Crippen LogP contribution in [0.4, 0.5) is 0 Å². The second-order valence-electron chi connectivity index (χ2n) is 10.6. The zero-order valence-corrected chi connectivity index (χ0v) is 23.5. The maximum atomic E-state index is 13.9. The van der Waals surface area contributed by atoms with E-state index in [1.54, 1.807) is 41.0 Å². The number of carbonyl (C=O) groups is 1. The summed E-state index contributed by atoms with van der Waals surface area (Å²) in [6.07, 6.45) is 4.31. The van der Waals surface area contributed by atoms with Crippen molar-refractivity contribution in [3.05, 3.63) is 103 Å². The van der Waals surface area contributed by atoms with E-state index in [2.05, 4.69) is 11.4 Å². The quantitative estimate of drug-likeness (QED) is 0.353. The summed E-state index contributed by atoms with van der Waals surface area (Å²) in [4.78, 5) is 40.3. The molecule has 8 nitrogen and oxygen atoms in total. The van der Waals surface area contributed by atoms with Crippen LogP contribution >= 0.6 is 0 Å². The van der Waals surface area contributed by atoms with Crippen molar-refractivity contribution in [3.8, 4) is 11.5 Å². The summed E-state index contributed by atoms with van der Waals surface area (Å²) in [6.45, 7) is 4.38. The van der Waals surface area contributed by atoms with E-state index in [0.717, 1.165) is 47.9 Å². The molecule has 0 spiro atoms. The highest BCUT2D eigenvalue weighted by atomic mass is 16.5. The van der Waals surface area contributed by atoms with Gasteiger partial charge < -0.3 is 14.8 Å². The molecule has 1 fully saturated rings. The lowest BCUT2D eigenvalue weighted by Crippen LogP contribution is -2.40. The Labute approximate surface area is 233 Å². The average molecular weight is 542 g/mol. The third-order valence-electron chi connectivity index (χ3n) is 7.81. The summed E-state index contributed by atoms with van der Waals surface area (Å²) in [5.74, 6) is 0.749. The van der Waals surface area contributed by atoms with Gasteiger partial charge in [0, 0.05) is 17.7 Å². The van der Waals surface area contributed by atoms with Crippen molar-refractivity contribution in [2.24, 2.45) is 0 Å². The molecule has 208 valence electrons. The van der Waals surface area contributed by atoms with Crippen LogP contribution < -0.4 is 26.0 Å². The Morgan fingerprint density at radius 2 is 1.55 bits per heavy atom. The van der Waals surface area contributed by atoms with Gasteiger partial charge in [-0.3, -0.25) is 18.7 Å². The van der Waals surface area contributed by atoms with Gasteiger partial charge in [-0.1, -0.05) is 48.7 Å². The molecule has 0 radical (unpaired) electrons. The molecule has 0 aliphatic heterocycles. The Morgan fingerprint density at radius 3 is 2.23 bits per heavy atom. The van der Waals surface area contributed by atoms with Crippen molar-refractivity contribution < 1.29 is 14.3 Å². The maximum absolute atomic E-state index is 13.9. The molecule has 40 heavy (non-hydrogen) atoms. The lowest BCUT2D eigenvalue weighted by molar-refractivity contribution is 0.0938. The highest BCUT2D eigenvalue weighted by molar-refractivity contribution is 5.94. The molecule has 3 aromatic carbocycles. The number of aromatic nitrogens is 2. The number of aryl methyl sites for hydroxylation is 2. The highest BCUT2D eigenvalue weighted by Crippen LogP contribution is 2.31. The van der Waals surface area contributed by atoms with Crippen molar-refractivity contribution in [2.75, 3.05) is 14.2 Å². The fourth-order valence-electron chi connectivity index (χ4n) is 5.46. The predicted octanol–water partition coefficient (Wildman–Crippen LogP) is 4.57. The summed E-state index contributed by atoms with van der Waals surface area (Å²) in [6, 6.07) is 16.7. The zero-order chi connectivity index (χ0) is 28.4. The Morgan fingerprint density at radius 1 is 0.875 bits per heavy atom. The van der Waals surface area contributed by atoms with Crippen molar-refractivity contribution in [1.29, 1.82) is 0 Å². The van der Waals surface area contributed by atoms with Gasteiger partial charge in [-0.2, -0.15) is 0 Å². The number of nitrogens with zero attached hydrogens (tertiary/aromatic N) is 2. The van der Waals surface area contributed by atoms with Crippen LogP contribution in [-0.4, -0.2) is 35.3 Å². The molecule has 1 aliphatic carbocycles. The first kappa shape index (κ1) is 27.2. The fourth-order valence-corrected chi connectivity index (χ4v) is 5.46. The van der Waals surface area contributed by atoms with Crippen LogP contribution in [0.5, 0.6) is 11.5 Å². The van der Waals surface area contributed by atoms with E-state index in [1.807, 2.05) is 26.0 Å². The largest absolute Gasteiger partial charge is 0.493 e. The van der Waals surface area contributed by atoms with Crippen LogP contribution in [0.1, 0.15) is 58.3 Å². The number of carbonyl (C=O) groups excluding carboxylic acids is 1. The van der Waals surface area contributed by atoms with Crippen molar-refractivity contribution in [3.63, 3.8) is 0 Å². The predicted molar refractivity (Wildman–Crippen MR) is 156 cm³/mol. The second-order valence-corrected chi connectivity index (χ2v) is 10.6. The highest BCUT2D eigenvalue weighted by Gasteiger charge is 2.20. The molecule has 0 atom stereocenters. The number of rotatable bonds is 8. The Kier molecular flexibility index (Phi) is 7.78. The third-order valence-corrected chi connectivity index (χ3v) is 7.81. The molecule has 1 aromatic heterocycles. The van der Waals surface area contributed by atoms with Gasteiger partial charge in [0.25, 0.3) is 11.5 Å². The van der Waals surface area contributed by atoms with Gasteiger partial charge >= 0.3 is 5.69 Å². The third kappa shape index (κ3) is 5.39. The molecule has 1 N–H and O–H groups in total. The van der Waals surface area contributed by atoms with Gasteiger partial charge in [0.05, 0.1) is 38.2 Å². The lowest BCUT2D eigenvalue weighted by atomic mass is 10.1. The van der Waals surface area contributed by atoms with Crippen LogP contribution in [0.15, 0.2) is 64.2 Å².